The van der Waals surface area contributed by atoms with Crippen molar-refractivity contribution >= 4 is 0 Å². The number of nitrogens with zero attached hydrogens (tertiary/aromatic N) is 1. The van der Waals surface area contributed by atoms with Crippen LogP contribution in [0.1, 0.15) is 32.6 Å². The molecule has 6 heteroatoms. The summed E-state index contributed by atoms with van der Waals surface area (Å²) in [6, 6.07) is -0.874. The smallest absolute Gasteiger partial charge is 0.280 e. The number of hydrogen-bond acceptors (Lipinski definition) is 2. The molecule has 3 rings (SSSR count). The first-order valence-corrected chi connectivity index (χ1v) is 6.53. The molecule has 2 nitrogen and oxygen atoms in total. The highest BCUT2D eigenvalue weighted by molar-refractivity contribution is 5.17. The first-order valence-electron chi connectivity index (χ1n) is 6.53. The summed E-state index contributed by atoms with van der Waals surface area (Å²) in [5.41, 5.74) is -1.07. The molecule has 104 valence electrons. The molecular weight excluding hydrogens is 248 g/mol. The molecule has 1 aliphatic carbocycles. The lowest BCUT2D eigenvalue weighted by molar-refractivity contribution is -0.213. The van der Waals surface area contributed by atoms with Crippen LogP contribution in [0, 0.1) is 0 Å². The molecule has 1 unspecified atom stereocenters. The van der Waals surface area contributed by atoms with Crippen molar-refractivity contribution in [3.63, 3.8) is 0 Å². The van der Waals surface area contributed by atoms with E-state index in [2.05, 4.69) is 5.32 Å². The molecule has 2 aliphatic heterocycles. The van der Waals surface area contributed by atoms with Crippen molar-refractivity contribution < 1.29 is 17.6 Å². The van der Waals surface area contributed by atoms with Crippen LogP contribution < -0.4 is 5.32 Å². The Bertz CT molecular complexity index is 342. The van der Waals surface area contributed by atoms with Gasteiger partial charge in [0.15, 0.2) is 0 Å². The van der Waals surface area contributed by atoms with Crippen molar-refractivity contribution in [3.8, 4) is 0 Å². The Kier molecular flexibility index (Phi) is 2.53. The predicted molar refractivity (Wildman–Crippen MR) is 59.1 cm³/mol. The van der Waals surface area contributed by atoms with Gasteiger partial charge in [-0.25, -0.2) is 17.6 Å². The zero-order valence-electron chi connectivity index (χ0n) is 10.4. The third kappa shape index (κ3) is 1.61. The van der Waals surface area contributed by atoms with Crippen LogP contribution in [0.15, 0.2) is 0 Å². The van der Waals surface area contributed by atoms with Crippen molar-refractivity contribution in [1.29, 1.82) is 0 Å². The van der Waals surface area contributed by atoms with Gasteiger partial charge in [0.2, 0.25) is 0 Å². The van der Waals surface area contributed by atoms with Crippen molar-refractivity contribution in [2.24, 2.45) is 0 Å². The zero-order valence-corrected chi connectivity index (χ0v) is 10.4. The second-order valence-electron chi connectivity index (χ2n) is 6.03. The van der Waals surface area contributed by atoms with Gasteiger partial charge in [0, 0.05) is 32.0 Å². The number of rotatable bonds is 1. The Morgan fingerprint density at radius 3 is 2.00 bits per heavy atom. The number of piperidine rings is 1. The molecule has 3 fully saturated rings. The van der Waals surface area contributed by atoms with E-state index in [0.717, 1.165) is 0 Å². The Morgan fingerprint density at radius 2 is 1.61 bits per heavy atom. The number of halogens is 4. The maximum Gasteiger partial charge on any atom is 0.280 e. The minimum atomic E-state index is -2.66. The first kappa shape index (κ1) is 12.7. The lowest BCUT2D eigenvalue weighted by atomic mass is 9.70. The lowest BCUT2D eigenvalue weighted by Gasteiger charge is -2.59. The third-order valence-corrected chi connectivity index (χ3v) is 4.91. The Morgan fingerprint density at radius 1 is 1.06 bits per heavy atom. The van der Waals surface area contributed by atoms with Crippen LogP contribution >= 0.6 is 0 Å². The average Bonchev–Trinajstić information content (AvgIpc) is 2.27. The summed E-state index contributed by atoms with van der Waals surface area (Å²) in [5, 5.41) is 2.94. The molecular formula is C12H18F4N2. The summed E-state index contributed by atoms with van der Waals surface area (Å²) in [6.07, 6.45) is 0.485. The van der Waals surface area contributed by atoms with Crippen LogP contribution in [-0.4, -0.2) is 47.5 Å². The third-order valence-electron chi connectivity index (χ3n) is 4.91. The molecule has 1 spiro atoms. The highest BCUT2D eigenvalue weighted by Gasteiger charge is 2.67. The zero-order chi connectivity index (χ0) is 13.2. The number of hydrogen-bond donors (Lipinski definition) is 1. The molecule has 0 radical (unpaired) electrons. The van der Waals surface area contributed by atoms with Gasteiger partial charge in [-0.1, -0.05) is 0 Å². The Balaban J connectivity index is 1.57. The van der Waals surface area contributed by atoms with Crippen LogP contribution in [0.3, 0.4) is 0 Å². The molecule has 0 aromatic heterocycles. The maximum absolute atomic E-state index is 13.8. The quantitative estimate of drug-likeness (QED) is 0.732. The molecule has 0 aromatic rings. The normalized spacial score (nSPS) is 38.2. The average molecular weight is 266 g/mol. The van der Waals surface area contributed by atoms with E-state index < -0.39 is 23.4 Å². The van der Waals surface area contributed by atoms with Gasteiger partial charge in [-0.3, -0.25) is 10.2 Å². The van der Waals surface area contributed by atoms with Gasteiger partial charge < -0.3 is 0 Å². The van der Waals surface area contributed by atoms with Crippen molar-refractivity contribution in [1.82, 2.24) is 10.2 Å². The Labute approximate surface area is 104 Å². The number of alkyl halides is 4. The van der Waals surface area contributed by atoms with E-state index in [4.69, 9.17) is 0 Å². The Hall–Kier alpha value is -0.360. The van der Waals surface area contributed by atoms with E-state index in [9.17, 15) is 17.6 Å². The molecule has 2 heterocycles. The summed E-state index contributed by atoms with van der Waals surface area (Å²) in [6.45, 7) is 2.48. The fourth-order valence-electron chi connectivity index (χ4n) is 3.57. The monoisotopic (exact) mass is 266 g/mol. The minimum Gasteiger partial charge on any atom is -0.300 e. The van der Waals surface area contributed by atoms with E-state index in [1.165, 1.54) is 6.92 Å². The van der Waals surface area contributed by atoms with Gasteiger partial charge in [-0.2, -0.15) is 0 Å². The predicted octanol–water partition coefficient (Wildman–Crippen LogP) is 2.25. The van der Waals surface area contributed by atoms with E-state index >= 15 is 0 Å². The van der Waals surface area contributed by atoms with Crippen molar-refractivity contribution in [2.45, 2.75) is 62.1 Å². The molecule has 1 saturated carbocycles. The SMILES string of the molecule is CC1NC2(CCN(C3CC(F)(F)C3)CC2)C1(F)F. The molecule has 1 N–H and O–H groups in total. The maximum atomic E-state index is 13.8. The minimum absolute atomic E-state index is 0.108. The summed E-state index contributed by atoms with van der Waals surface area (Å²) in [5.74, 6) is -5.20. The summed E-state index contributed by atoms with van der Waals surface area (Å²) >= 11 is 0. The van der Waals surface area contributed by atoms with Crippen LogP contribution in [0.25, 0.3) is 0 Å². The molecule has 2 saturated heterocycles. The van der Waals surface area contributed by atoms with E-state index in [-0.39, 0.29) is 18.9 Å². The largest absolute Gasteiger partial charge is 0.300 e. The van der Waals surface area contributed by atoms with E-state index in [1.807, 2.05) is 4.90 Å². The molecule has 0 amide bonds. The van der Waals surface area contributed by atoms with Crippen LogP contribution in [0.5, 0.6) is 0 Å². The van der Waals surface area contributed by atoms with Crippen molar-refractivity contribution in [3.05, 3.63) is 0 Å². The topological polar surface area (TPSA) is 15.3 Å². The summed E-state index contributed by atoms with van der Waals surface area (Å²) in [4.78, 5) is 1.95. The number of likely N-dealkylation sites (tertiary alicyclic amines) is 1. The van der Waals surface area contributed by atoms with Crippen LogP contribution in [-0.2, 0) is 0 Å². The molecule has 0 bridgehead atoms. The van der Waals surface area contributed by atoms with Gasteiger partial charge in [-0.15, -0.1) is 0 Å². The lowest BCUT2D eigenvalue weighted by Crippen LogP contribution is -2.81. The van der Waals surface area contributed by atoms with Gasteiger partial charge in [0.25, 0.3) is 11.8 Å². The second kappa shape index (κ2) is 3.60. The van der Waals surface area contributed by atoms with Crippen LogP contribution in [0.4, 0.5) is 17.6 Å². The molecule has 3 aliphatic rings. The highest BCUT2D eigenvalue weighted by Crippen LogP contribution is 2.49. The van der Waals surface area contributed by atoms with Gasteiger partial charge in [-0.05, 0) is 19.8 Å². The summed E-state index contributed by atoms with van der Waals surface area (Å²) < 4.78 is 53.2. The standard InChI is InChI=1S/C12H18F4N2/c1-8-12(15,16)10(17-8)2-4-18(5-3-10)9-6-11(13,14)7-9/h8-9,17H,2-7H2,1H3. The molecule has 0 aromatic carbocycles. The fraction of sp³-hybridized carbons (Fsp3) is 1.00. The van der Waals surface area contributed by atoms with Crippen molar-refractivity contribution in [2.75, 3.05) is 13.1 Å². The van der Waals surface area contributed by atoms with Gasteiger partial charge in [0.05, 0.1) is 11.6 Å². The summed E-state index contributed by atoms with van der Waals surface area (Å²) in [7, 11) is 0. The molecule has 1 atom stereocenters. The van der Waals surface area contributed by atoms with Crippen LogP contribution in [0.2, 0.25) is 0 Å². The van der Waals surface area contributed by atoms with Gasteiger partial charge in [0.1, 0.15) is 0 Å². The van der Waals surface area contributed by atoms with E-state index in [1.54, 1.807) is 0 Å². The highest BCUT2D eigenvalue weighted by atomic mass is 19.3. The first-order chi connectivity index (χ1) is 8.26. The second-order valence-corrected chi connectivity index (χ2v) is 6.03. The number of nitrogens with one attached hydrogen (secondary N) is 1. The van der Waals surface area contributed by atoms with Gasteiger partial charge >= 0.3 is 0 Å². The molecule has 18 heavy (non-hydrogen) atoms. The van der Waals surface area contributed by atoms with E-state index in [0.29, 0.717) is 25.9 Å². The fourth-order valence-corrected chi connectivity index (χ4v) is 3.57.